The van der Waals surface area contributed by atoms with Crippen LogP contribution in [0.3, 0.4) is 0 Å². The van der Waals surface area contributed by atoms with E-state index in [-0.39, 0.29) is 36.0 Å². The minimum Gasteiger partial charge on any atom is -0.483 e. The van der Waals surface area contributed by atoms with E-state index in [0.717, 1.165) is 17.5 Å². The molecule has 1 aromatic carbocycles. The molecule has 1 amide bonds. The molecule has 1 heterocycles. The first kappa shape index (κ1) is 21.0. The Kier molecular flexibility index (Phi) is 6.97. The molecule has 0 spiro atoms. The van der Waals surface area contributed by atoms with Crippen molar-refractivity contribution in [2.45, 2.75) is 52.5 Å². The van der Waals surface area contributed by atoms with Gasteiger partial charge in [0.25, 0.3) is 5.91 Å². The summed E-state index contributed by atoms with van der Waals surface area (Å²) in [6.45, 7) is 8.40. The number of halogens is 1. The Labute approximate surface area is 161 Å². The number of ether oxygens (including phenoxy) is 1. The SMILES string of the molecule is CCCN(C(=O)COc1cc(C)c(Cl)cc1C(C)C)C1CCS(=O)(=O)C1. The number of benzene rings is 1. The van der Waals surface area contributed by atoms with Gasteiger partial charge in [-0.05, 0) is 48.9 Å². The van der Waals surface area contributed by atoms with Crippen LogP contribution in [0.15, 0.2) is 12.1 Å². The molecule has 26 heavy (non-hydrogen) atoms. The molecule has 1 aliphatic rings. The molecule has 0 saturated carbocycles. The molecule has 0 aliphatic carbocycles. The lowest BCUT2D eigenvalue weighted by Gasteiger charge is -2.28. The third-order valence-electron chi connectivity index (χ3n) is 4.70. The highest BCUT2D eigenvalue weighted by molar-refractivity contribution is 7.91. The number of carbonyl (C=O) groups is 1. The van der Waals surface area contributed by atoms with Crippen molar-refractivity contribution in [1.29, 1.82) is 0 Å². The van der Waals surface area contributed by atoms with Gasteiger partial charge in [-0.2, -0.15) is 0 Å². The zero-order valence-corrected chi connectivity index (χ0v) is 17.5. The number of hydrogen-bond donors (Lipinski definition) is 0. The highest BCUT2D eigenvalue weighted by atomic mass is 35.5. The van der Waals surface area contributed by atoms with Crippen LogP contribution in [-0.2, 0) is 14.6 Å². The lowest BCUT2D eigenvalue weighted by Crippen LogP contribution is -2.44. The monoisotopic (exact) mass is 401 g/mol. The Morgan fingerprint density at radius 3 is 2.62 bits per heavy atom. The van der Waals surface area contributed by atoms with Crippen LogP contribution in [0, 0.1) is 6.92 Å². The number of amides is 1. The molecule has 5 nitrogen and oxygen atoms in total. The average Bonchev–Trinajstić information content (AvgIpc) is 2.92. The van der Waals surface area contributed by atoms with Crippen LogP contribution >= 0.6 is 11.6 Å². The number of aryl methyl sites for hydroxylation is 1. The largest absolute Gasteiger partial charge is 0.483 e. The van der Waals surface area contributed by atoms with Gasteiger partial charge >= 0.3 is 0 Å². The van der Waals surface area contributed by atoms with E-state index in [9.17, 15) is 13.2 Å². The van der Waals surface area contributed by atoms with Crippen LogP contribution in [0.25, 0.3) is 0 Å². The van der Waals surface area contributed by atoms with E-state index in [1.165, 1.54) is 0 Å². The van der Waals surface area contributed by atoms with Gasteiger partial charge in [0.2, 0.25) is 0 Å². The highest BCUT2D eigenvalue weighted by Crippen LogP contribution is 2.32. The fraction of sp³-hybridized carbons (Fsp3) is 0.632. The summed E-state index contributed by atoms with van der Waals surface area (Å²) in [5.74, 6) is 0.905. The first-order valence-corrected chi connectivity index (χ1v) is 11.3. The fourth-order valence-corrected chi connectivity index (χ4v) is 5.14. The van der Waals surface area contributed by atoms with Crippen molar-refractivity contribution in [3.05, 3.63) is 28.3 Å². The van der Waals surface area contributed by atoms with E-state index in [1.54, 1.807) is 4.90 Å². The van der Waals surface area contributed by atoms with E-state index >= 15 is 0 Å². The third kappa shape index (κ3) is 5.13. The molecule has 1 saturated heterocycles. The second kappa shape index (κ2) is 8.61. The normalized spacial score (nSPS) is 18.9. The van der Waals surface area contributed by atoms with Gasteiger partial charge in [0.05, 0.1) is 11.5 Å². The summed E-state index contributed by atoms with van der Waals surface area (Å²) in [4.78, 5) is 14.4. The maximum Gasteiger partial charge on any atom is 0.260 e. The van der Waals surface area contributed by atoms with Crippen molar-refractivity contribution < 1.29 is 17.9 Å². The van der Waals surface area contributed by atoms with Crippen LogP contribution in [-0.4, -0.2) is 49.9 Å². The van der Waals surface area contributed by atoms with E-state index in [0.29, 0.717) is 23.7 Å². The molecule has 2 rings (SSSR count). The lowest BCUT2D eigenvalue weighted by atomic mass is 10.0. The zero-order valence-electron chi connectivity index (χ0n) is 15.9. The molecular weight excluding hydrogens is 374 g/mol. The molecule has 0 bridgehead atoms. The molecular formula is C19H28ClNO4S. The molecule has 146 valence electrons. The van der Waals surface area contributed by atoms with Gasteiger partial charge in [-0.1, -0.05) is 32.4 Å². The summed E-state index contributed by atoms with van der Waals surface area (Å²) in [5, 5.41) is 0.677. The molecule has 1 atom stereocenters. The number of hydrogen-bond acceptors (Lipinski definition) is 4. The van der Waals surface area contributed by atoms with Gasteiger partial charge < -0.3 is 9.64 Å². The van der Waals surface area contributed by atoms with Crippen molar-refractivity contribution in [3.63, 3.8) is 0 Å². The molecule has 1 fully saturated rings. The standard InChI is InChI=1S/C19H28ClNO4S/c1-5-7-21(15-6-8-26(23,24)12-15)19(22)11-25-18-9-14(4)17(20)10-16(18)13(2)3/h9-10,13,15H,5-8,11-12H2,1-4H3. The van der Waals surface area contributed by atoms with Crippen LogP contribution in [0.2, 0.25) is 5.02 Å². The Hall–Kier alpha value is -1.27. The smallest absolute Gasteiger partial charge is 0.260 e. The molecule has 0 N–H and O–H groups in total. The quantitative estimate of drug-likeness (QED) is 0.700. The Bertz CT molecular complexity index is 761. The summed E-state index contributed by atoms with van der Waals surface area (Å²) in [5.41, 5.74) is 1.85. The third-order valence-corrected chi connectivity index (χ3v) is 6.86. The zero-order chi connectivity index (χ0) is 19.5. The minimum absolute atomic E-state index is 0.0516. The Morgan fingerprint density at radius 1 is 1.38 bits per heavy atom. The molecule has 0 radical (unpaired) electrons. The second-order valence-corrected chi connectivity index (χ2v) is 9.86. The van der Waals surface area contributed by atoms with Gasteiger partial charge in [-0.25, -0.2) is 8.42 Å². The number of nitrogens with zero attached hydrogens (tertiary/aromatic N) is 1. The van der Waals surface area contributed by atoms with Crippen LogP contribution in [0.4, 0.5) is 0 Å². The molecule has 1 aliphatic heterocycles. The van der Waals surface area contributed by atoms with Crippen molar-refractivity contribution in [2.75, 3.05) is 24.7 Å². The summed E-state index contributed by atoms with van der Waals surface area (Å²) in [6.07, 6.45) is 1.28. The van der Waals surface area contributed by atoms with Crippen LogP contribution in [0.5, 0.6) is 5.75 Å². The van der Waals surface area contributed by atoms with Crippen molar-refractivity contribution in [2.24, 2.45) is 0 Å². The number of sulfone groups is 1. The Morgan fingerprint density at radius 2 is 2.08 bits per heavy atom. The predicted octanol–water partition coefficient (Wildman–Crippen LogP) is 3.58. The van der Waals surface area contributed by atoms with E-state index < -0.39 is 9.84 Å². The molecule has 0 aromatic heterocycles. The second-order valence-electron chi connectivity index (χ2n) is 7.23. The first-order valence-electron chi connectivity index (χ1n) is 9.07. The number of carbonyl (C=O) groups excluding carboxylic acids is 1. The summed E-state index contributed by atoms with van der Waals surface area (Å²) in [7, 11) is -3.04. The summed E-state index contributed by atoms with van der Waals surface area (Å²) in [6, 6.07) is 3.50. The Balaban J connectivity index is 2.12. The molecule has 1 aromatic rings. The minimum atomic E-state index is -3.04. The van der Waals surface area contributed by atoms with E-state index in [2.05, 4.69) is 0 Å². The maximum absolute atomic E-state index is 12.7. The fourth-order valence-electron chi connectivity index (χ4n) is 3.24. The van der Waals surface area contributed by atoms with Crippen LogP contribution in [0.1, 0.15) is 50.7 Å². The first-order chi connectivity index (χ1) is 12.1. The average molecular weight is 402 g/mol. The predicted molar refractivity (Wildman–Crippen MR) is 105 cm³/mol. The van der Waals surface area contributed by atoms with E-state index in [4.69, 9.17) is 16.3 Å². The van der Waals surface area contributed by atoms with Gasteiger partial charge in [0.1, 0.15) is 5.75 Å². The summed E-state index contributed by atoms with van der Waals surface area (Å²) >= 11 is 6.21. The number of rotatable bonds is 7. The van der Waals surface area contributed by atoms with Gasteiger partial charge in [0.15, 0.2) is 16.4 Å². The van der Waals surface area contributed by atoms with Crippen molar-refractivity contribution in [1.82, 2.24) is 4.90 Å². The van der Waals surface area contributed by atoms with Crippen molar-refractivity contribution >= 4 is 27.3 Å². The maximum atomic E-state index is 12.7. The van der Waals surface area contributed by atoms with Gasteiger partial charge in [0, 0.05) is 17.6 Å². The topological polar surface area (TPSA) is 63.7 Å². The van der Waals surface area contributed by atoms with Gasteiger partial charge in [-0.3, -0.25) is 4.79 Å². The highest BCUT2D eigenvalue weighted by Gasteiger charge is 2.34. The van der Waals surface area contributed by atoms with Crippen molar-refractivity contribution in [3.8, 4) is 5.75 Å². The van der Waals surface area contributed by atoms with E-state index in [1.807, 2.05) is 39.8 Å². The molecule has 7 heteroatoms. The summed E-state index contributed by atoms with van der Waals surface area (Å²) < 4.78 is 29.4. The lowest BCUT2D eigenvalue weighted by molar-refractivity contribution is -0.135. The molecule has 1 unspecified atom stereocenters. The van der Waals surface area contributed by atoms with Gasteiger partial charge in [-0.15, -0.1) is 0 Å². The van der Waals surface area contributed by atoms with Crippen LogP contribution < -0.4 is 4.74 Å².